The van der Waals surface area contributed by atoms with Gasteiger partial charge in [0.05, 0.1) is 13.5 Å². The van der Waals surface area contributed by atoms with E-state index in [9.17, 15) is 4.79 Å². The minimum atomic E-state index is -0.789. The van der Waals surface area contributed by atoms with Gasteiger partial charge in [-0.25, -0.2) is 0 Å². The third-order valence-electron chi connectivity index (χ3n) is 2.61. The number of carbonyl (C=O) groups is 1. The van der Waals surface area contributed by atoms with Gasteiger partial charge in [0.25, 0.3) is 0 Å². The van der Waals surface area contributed by atoms with Gasteiger partial charge in [0.2, 0.25) is 0 Å². The van der Waals surface area contributed by atoms with E-state index in [2.05, 4.69) is 5.32 Å². The van der Waals surface area contributed by atoms with Crippen molar-refractivity contribution in [1.29, 1.82) is 0 Å². The molecule has 0 amide bonds. The number of aliphatic carboxylic acids is 1. The fourth-order valence-corrected chi connectivity index (χ4v) is 1.75. The minimum absolute atomic E-state index is 0.0614. The Kier molecular flexibility index (Phi) is 4.97. The molecule has 1 aromatic carbocycles. The van der Waals surface area contributed by atoms with Crippen LogP contribution in [0, 0.1) is 0 Å². The van der Waals surface area contributed by atoms with E-state index in [0.717, 1.165) is 11.3 Å². The van der Waals surface area contributed by atoms with E-state index < -0.39 is 5.97 Å². The van der Waals surface area contributed by atoms with Crippen molar-refractivity contribution < 1.29 is 14.6 Å². The molecule has 4 heteroatoms. The number of benzene rings is 1. The number of hydrogen-bond donors (Lipinski definition) is 2. The highest BCUT2D eigenvalue weighted by Crippen LogP contribution is 2.19. The van der Waals surface area contributed by atoms with E-state index in [1.54, 1.807) is 7.11 Å². The van der Waals surface area contributed by atoms with E-state index in [0.29, 0.717) is 0 Å². The number of rotatable bonds is 6. The molecule has 0 saturated carbocycles. The summed E-state index contributed by atoms with van der Waals surface area (Å²) < 4.78 is 5.15. The van der Waals surface area contributed by atoms with Gasteiger partial charge < -0.3 is 15.2 Å². The van der Waals surface area contributed by atoms with Crippen molar-refractivity contribution in [3.05, 3.63) is 29.8 Å². The van der Waals surface area contributed by atoms with Crippen LogP contribution in [0.15, 0.2) is 24.3 Å². The van der Waals surface area contributed by atoms with Crippen molar-refractivity contribution in [2.45, 2.75) is 32.4 Å². The number of carboxylic acids is 1. The van der Waals surface area contributed by atoms with Gasteiger partial charge in [0.15, 0.2) is 0 Å². The quantitative estimate of drug-likeness (QED) is 0.796. The molecule has 0 aliphatic heterocycles. The molecule has 0 aliphatic carbocycles. The second-order valence-electron chi connectivity index (χ2n) is 4.16. The Labute approximate surface area is 102 Å². The first-order valence-corrected chi connectivity index (χ1v) is 5.64. The molecule has 0 saturated heterocycles. The van der Waals surface area contributed by atoms with Gasteiger partial charge in [-0.05, 0) is 31.5 Å². The predicted octanol–water partition coefficient (Wildman–Crippen LogP) is 2.21. The van der Waals surface area contributed by atoms with Crippen LogP contribution in [0.25, 0.3) is 0 Å². The van der Waals surface area contributed by atoms with Crippen LogP contribution in [0.2, 0.25) is 0 Å². The molecule has 1 rings (SSSR count). The van der Waals surface area contributed by atoms with Crippen LogP contribution < -0.4 is 10.1 Å². The maximum atomic E-state index is 10.6. The van der Waals surface area contributed by atoms with E-state index in [-0.39, 0.29) is 18.5 Å². The highest BCUT2D eigenvalue weighted by atomic mass is 16.5. The summed E-state index contributed by atoms with van der Waals surface area (Å²) in [4.78, 5) is 10.6. The van der Waals surface area contributed by atoms with Crippen LogP contribution in [0.5, 0.6) is 5.75 Å². The number of ether oxygens (including phenoxy) is 1. The molecule has 0 spiro atoms. The summed E-state index contributed by atoms with van der Waals surface area (Å²) in [5, 5.41) is 11.9. The van der Waals surface area contributed by atoms with E-state index in [1.165, 1.54) is 0 Å². The molecule has 1 aromatic rings. The van der Waals surface area contributed by atoms with E-state index >= 15 is 0 Å². The van der Waals surface area contributed by atoms with Crippen LogP contribution in [0.3, 0.4) is 0 Å². The lowest BCUT2D eigenvalue weighted by Gasteiger charge is -2.19. The summed E-state index contributed by atoms with van der Waals surface area (Å²) in [6.45, 7) is 3.87. The summed E-state index contributed by atoms with van der Waals surface area (Å²) in [5.41, 5.74) is 1.08. The number of carboxylic acid groups (broad SMARTS) is 1. The van der Waals surface area contributed by atoms with Gasteiger partial charge in [-0.1, -0.05) is 12.1 Å². The second kappa shape index (κ2) is 6.25. The van der Waals surface area contributed by atoms with Crippen LogP contribution in [0.4, 0.5) is 0 Å². The van der Waals surface area contributed by atoms with Gasteiger partial charge in [-0.2, -0.15) is 0 Å². The largest absolute Gasteiger partial charge is 0.497 e. The number of methoxy groups -OCH3 is 1. The summed E-state index contributed by atoms with van der Waals surface area (Å²) in [7, 11) is 1.63. The molecular weight excluding hydrogens is 218 g/mol. The van der Waals surface area contributed by atoms with Crippen LogP contribution in [-0.2, 0) is 4.79 Å². The highest BCUT2D eigenvalue weighted by Gasteiger charge is 2.12. The first-order chi connectivity index (χ1) is 8.02. The summed E-state index contributed by atoms with van der Waals surface area (Å²) in [6, 6.07) is 7.79. The van der Waals surface area contributed by atoms with Crippen LogP contribution in [0.1, 0.15) is 31.9 Å². The Bertz CT molecular complexity index is 379. The van der Waals surface area contributed by atoms with Gasteiger partial charge in [-0.3, -0.25) is 4.79 Å². The number of nitrogens with one attached hydrogen (secondary N) is 1. The summed E-state index contributed by atoms with van der Waals surface area (Å²) >= 11 is 0. The van der Waals surface area contributed by atoms with E-state index in [4.69, 9.17) is 9.84 Å². The van der Waals surface area contributed by atoms with E-state index in [1.807, 2.05) is 38.1 Å². The van der Waals surface area contributed by atoms with Crippen molar-refractivity contribution in [2.75, 3.05) is 7.11 Å². The third kappa shape index (κ3) is 4.44. The molecule has 1 unspecified atom stereocenters. The van der Waals surface area contributed by atoms with Crippen molar-refractivity contribution in [1.82, 2.24) is 5.32 Å². The lowest BCUT2D eigenvalue weighted by atomic mass is 10.1. The minimum Gasteiger partial charge on any atom is -0.497 e. The van der Waals surface area contributed by atoms with Crippen LogP contribution >= 0.6 is 0 Å². The Hall–Kier alpha value is -1.55. The van der Waals surface area contributed by atoms with Crippen molar-refractivity contribution in [3.8, 4) is 5.75 Å². The molecule has 0 bridgehead atoms. The van der Waals surface area contributed by atoms with Crippen molar-refractivity contribution in [2.24, 2.45) is 0 Å². The highest BCUT2D eigenvalue weighted by molar-refractivity contribution is 5.67. The van der Waals surface area contributed by atoms with Gasteiger partial charge >= 0.3 is 5.97 Å². The maximum Gasteiger partial charge on any atom is 0.304 e. The van der Waals surface area contributed by atoms with Crippen LogP contribution in [-0.4, -0.2) is 24.2 Å². The first kappa shape index (κ1) is 13.5. The monoisotopic (exact) mass is 237 g/mol. The molecule has 0 radical (unpaired) electrons. The zero-order valence-corrected chi connectivity index (χ0v) is 10.4. The Morgan fingerprint density at radius 1 is 1.47 bits per heavy atom. The topological polar surface area (TPSA) is 58.6 Å². The first-order valence-electron chi connectivity index (χ1n) is 5.64. The fourth-order valence-electron chi connectivity index (χ4n) is 1.75. The molecular formula is C13H19NO3. The average molecular weight is 237 g/mol. The number of hydrogen-bond acceptors (Lipinski definition) is 3. The molecule has 0 aliphatic rings. The molecule has 2 N–H and O–H groups in total. The summed E-state index contributed by atoms with van der Waals surface area (Å²) in [5.74, 6) is 0.0184. The Balaban J connectivity index is 2.62. The van der Waals surface area contributed by atoms with Gasteiger partial charge in [-0.15, -0.1) is 0 Å². The van der Waals surface area contributed by atoms with Crippen molar-refractivity contribution >= 4 is 5.97 Å². The third-order valence-corrected chi connectivity index (χ3v) is 2.61. The molecule has 0 heterocycles. The zero-order chi connectivity index (χ0) is 12.8. The second-order valence-corrected chi connectivity index (χ2v) is 4.16. The zero-order valence-electron chi connectivity index (χ0n) is 10.4. The lowest BCUT2D eigenvalue weighted by molar-refractivity contribution is -0.137. The average Bonchev–Trinajstić information content (AvgIpc) is 2.27. The standard InChI is InChI=1S/C13H19NO3/c1-9(7-13(15)16)14-10(2)11-5-4-6-12(8-11)17-3/h4-6,8-10,14H,7H2,1-3H3,(H,15,16)/t9?,10-/m0/s1. The lowest BCUT2D eigenvalue weighted by Crippen LogP contribution is -2.30. The molecule has 2 atom stereocenters. The fraction of sp³-hybridized carbons (Fsp3) is 0.462. The molecule has 17 heavy (non-hydrogen) atoms. The molecule has 0 aromatic heterocycles. The SMILES string of the molecule is COc1cccc([C@H](C)NC(C)CC(=O)O)c1. The molecule has 0 fully saturated rings. The Morgan fingerprint density at radius 2 is 2.18 bits per heavy atom. The van der Waals surface area contributed by atoms with Gasteiger partial charge in [0.1, 0.15) is 5.75 Å². The van der Waals surface area contributed by atoms with Crippen molar-refractivity contribution in [3.63, 3.8) is 0 Å². The maximum absolute atomic E-state index is 10.6. The van der Waals surface area contributed by atoms with Gasteiger partial charge in [0, 0.05) is 12.1 Å². The molecule has 4 nitrogen and oxygen atoms in total. The summed E-state index contributed by atoms with van der Waals surface area (Å²) in [6.07, 6.45) is 0.119. The Morgan fingerprint density at radius 3 is 2.76 bits per heavy atom. The smallest absolute Gasteiger partial charge is 0.304 e. The normalized spacial score (nSPS) is 14.1. The molecule has 94 valence electrons. The predicted molar refractivity (Wildman–Crippen MR) is 66.3 cm³/mol.